The second kappa shape index (κ2) is 8.98. The first-order valence-electron chi connectivity index (χ1n) is 8.75. The van der Waals surface area contributed by atoms with Gasteiger partial charge in [0.2, 0.25) is 0 Å². The van der Waals surface area contributed by atoms with Gasteiger partial charge in [0.1, 0.15) is 5.69 Å². The van der Waals surface area contributed by atoms with Crippen molar-refractivity contribution in [3.63, 3.8) is 0 Å². The van der Waals surface area contributed by atoms with E-state index in [0.29, 0.717) is 22.4 Å². The van der Waals surface area contributed by atoms with Crippen LogP contribution < -0.4 is 0 Å². The Bertz CT molecular complexity index is 853. The maximum atomic E-state index is 12.9. The van der Waals surface area contributed by atoms with Crippen LogP contribution in [0.4, 0.5) is 0 Å². The summed E-state index contributed by atoms with van der Waals surface area (Å²) < 4.78 is 5.01. The van der Waals surface area contributed by atoms with Crippen molar-refractivity contribution in [1.29, 1.82) is 0 Å². The first kappa shape index (κ1) is 20.2. The molecular formula is C21H24N2O4. The molecule has 0 fully saturated rings. The molecule has 0 aliphatic carbocycles. The second-order valence-corrected chi connectivity index (χ2v) is 6.11. The van der Waals surface area contributed by atoms with E-state index in [1.54, 1.807) is 51.1 Å². The zero-order valence-corrected chi connectivity index (χ0v) is 15.9. The number of aromatic amines is 1. The van der Waals surface area contributed by atoms with E-state index in [0.717, 1.165) is 0 Å². The van der Waals surface area contributed by atoms with Crippen LogP contribution in [0.15, 0.2) is 43.0 Å². The number of nitrogens with zero attached hydrogens (tertiary/aromatic N) is 1. The number of ketones is 1. The molecule has 1 N–H and O–H groups in total. The van der Waals surface area contributed by atoms with Crippen molar-refractivity contribution in [2.45, 2.75) is 20.8 Å². The molecule has 0 aliphatic heterocycles. The Morgan fingerprint density at radius 3 is 2.44 bits per heavy atom. The number of ether oxygens (including phenoxy) is 1. The summed E-state index contributed by atoms with van der Waals surface area (Å²) in [7, 11) is 0. The van der Waals surface area contributed by atoms with Gasteiger partial charge in [-0.25, -0.2) is 4.79 Å². The average molecular weight is 368 g/mol. The lowest BCUT2D eigenvalue weighted by molar-refractivity contribution is 0.0519. The van der Waals surface area contributed by atoms with Gasteiger partial charge in [-0.15, -0.1) is 6.58 Å². The summed E-state index contributed by atoms with van der Waals surface area (Å²) in [5, 5.41) is 0. The Hall–Kier alpha value is -3.15. The van der Waals surface area contributed by atoms with E-state index in [1.165, 1.54) is 4.90 Å². The normalized spacial score (nSPS) is 10.3. The number of rotatable bonds is 8. The lowest BCUT2D eigenvalue weighted by atomic mass is 10.0. The molecule has 1 aromatic carbocycles. The minimum atomic E-state index is -0.500. The largest absolute Gasteiger partial charge is 0.461 e. The summed E-state index contributed by atoms with van der Waals surface area (Å²) in [6.07, 6.45) is 1.58. The Kier molecular flexibility index (Phi) is 6.71. The zero-order chi connectivity index (χ0) is 20.0. The van der Waals surface area contributed by atoms with Crippen LogP contribution in [0.3, 0.4) is 0 Å². The number of esters is 1. The highest BCUT2D eigenvalue weighted by molar-refractivity contribution is 6.05. The topological polar surface area (TPSA) is 79.5 Å². The van der Waals surface area contributed by atoms with Crippen molar-refractivity contribution in [3.8, 4) is 0 Å². The van der Waals surface area contributed by atoms with E-state index < -0.39 is 5.97 Å². The number of benzene rings is 1. The van der Waals surface area contributed by atoms with Gasteiger partial charge in [-0.2, -0.15) is 0 Å². The molecule has 0 spiro atoms. The fourth-order valence-electron chi connectivity index (χ4n) is 2.97. The fourth-order valence-corrected chi connectivity index (χ4v) is 2.97. The van der Waals surface area contributed by atoms with E-state index in [4.69, 9.17) is 4.74 Å². The number of aryl methyl sites for hydroxylation is 1. The van der Waals surface area contributed by atoms with E-state index in [-0.39, 0.29) is 37.1 Å². The summed E-state index contributed by atoms with van der Waals surface area (Å²) in [4.78, 5) is 42.0. The number of Topliss-reactive ketones (excluding diaryl/α,β-unsaturated/α-hetero) is 1. The molecule has 0 bridgehead atoms. The Morgan fingerprint density at radius 1 is 1.19 bits per heavy atom. The standard InChI is InChI=1S/C21H24N2O4/c1-5-12-23(20(25)16-10-8-7-9-11-16)13-17(24)18-14(3)19(22-15(18)4)21(26)27-6-2/h5,7-11,22H,1,6,12-13H2,2-4H3. The smallest absolute Gasteiger partial charge is 0.355 e. The quantitative estimate of drug-likeness (QED) is 0.440. The van der Waals surface area contributed by atoms with Crippen molar-refractivity contribution >= 4 is 17.7 Å². The molecule has 142 valence electrons. The van der Waals surface area contributed by atoms with E-state index in [9.17, 15) is 14.4 Å². The maximum absolute atomic E-state index is 12.9. The Labute approximate surface area is 158 Å². The van der Waals surface area contributed by atoms with Gasteiger partial charge in [-0.1, -0.05) is 24.3 Å². The molecule has 6 nitrogen and oxygen atoms in total. The predicted molar refractivity (Wildman–Crippen MR) is 103 cm³/mol. The van der Waals surface area contributed by atoms with Crippen LogP contribution >= 0.6 is 0 Å². The molecule has 1 aromatic heterocycles. The number of hydrogen-bond donors (Lipinski definition) is 1. The molecule has 0 unspecified atom stereocenters. The van der Waals surface area contributed by atoms with Gasteiger partial charge >= 0.3 is 5.97 Å². The highest BCUT2D eigenvalue weighted by Gasteiger charge is 2.25. The maximum Gasteiger partial charge on any atom is 0.355 e. The molecule has 2 rings (SSSR count). The first-order valence-corrected chi connectivity index (χ1v) is 8.75. The molecule has 2 aromatic rings. The van der Waals surface area contributed by atoms with E-state index >= 15 is 0 Å². The van der Waals surface area contributed by atoms with Gasteiger partial charge in [0, 0.05) is 23.4 Å². The number of amides is 1. The van der Waals surface area contributed by atoms with Crippen molar-refractivity contribution in [3.05, 3.63) is 71.1 Å². The van der Waals surface area contributed by atoms with Crippen LogP contribution in [-0.4, -0.2) is 47.2 Å². The van der Waals surface area contributed by atoms with Gasteiger partial charge in [-0.3, -0.25) is 9.59 Å². The van der Waals surface area contributed by atoms with Crippen LogP contribution in [0.1, 0.15) is 49.4 Å². The number of carbonyl (C=O) groups is 3. The molecule has 0 saturated heterocycles. The number of aromatic nitrogens is 1. The van der Waals surface area contributed by atoms with E-state index in [1.807, 2.05) is 6.07 Å². The number of nitrogens with one attached hydrogen (secondary N) is 1. The van der Waals surface area contributed by atoms with Crippen molar-refractivity contribution in [2.24, 2.45) is 0 Å². The molecular weight excluding hydrogens is 344 g/mol. The van der Waals surface area contributed by atoms with Crippen molar-refractivity contribution in [1.82, 2.24) is 9.88 Å². The molecule has 0 atom stereocenters. The highest BCUT2D eigenvalue weighted by atomic mass is 16.5. The zero-order valence-electron chi connectivity index (χ0n) is 15.9. The minimum Gasteiger partial charge on any atom is -0.461 e. The molecule has 0 saturated carbocycles. The van der Waals surface area contributed by atoms with E-state index in [2.05, 4.69) is 11.6 Å². The van der Waals surface area contributed by atoms with Crippen LogP contribution in [0.2, 0.25) is 0 Å². The van der Waals surface area contributed by atoms with Gasteiger partial charge in [0.25, 0.3) is 5.91 Å². The van der Waals surface area contributed by atoms with Gasteiger partial charge in [0.15, 0.2) is 5.78 Å². The Morgan fingerprint density at radius 2 is 1.85 bits per heavy atom. The third-order valence-corrected chi connectivity index (χ3v) is 4.19. The third kappa shape index (κ3) is 4.53. The molecule has 27 heavy (non-hydrogen) atoms. The monoisotopic (exact) mass is 368 g/mol. The molecule has 1 heterocycles. The average Bonchev–Trinajstić information content (AvgIpc) is 2.96. The van der Waals surface area contributed by atoms with Crippen LogP contribution in [0, 0.1) is 13.8 Å². The molecule has 1 amide bonds. The number of H-pyrrole nitrogens is 1. The highest BCUT2D eigenvalue weighted by Crippen LogP contribution is 2.20. The molecule has 0 radical (unpaired) electrons. The first-order chi connectivity index (χ1) is 12.9. The second-order valence-electron chi connectivity index (χ2n) is 6.11. The molecule has 0 aliphatic rings. The summed E-state index contributed by atoms with van der Waals surface area (Å²) in [6.45, 7) is 9.18. The lowest BCUT2D eigenvalue weighted by Crippen LogP contribution is -2.36. The SMILES string of the molecule is C=CCN(CC(=O)c1c(C)[nH]c(C(=O)OCC)c1C)C(=O)c1ccccc1. The molecule has 6 heteroatoms. The number of hydrogen-bond acceptors (Lipinski definition) is 4. The van der Waals surface area contributed by atoms with Crippen LogP contribution in [0.5, 0.6) is 0 Å². The van der Waals surface area contributed by atoms with Gasteiger partial charge in [0.05, 0.1) is 13.2 Å². The van der Waals surface area contributed by atoms with Crippen LogP contribution in [-0.2, 0) is 4.74 Å². The predicted octanol–water partition coefficient (Wildman–Crippen LogP) is 3.32. The van der Waals surface area contributed by atoms with Gasteiger partial charge in [-0.05, 0) is 38.5 Å². The third-order valence-electron chi connectivity index (χ3n) is 4.19. The summed E-state index contributed by atoms with van der Waals surface area (Å²) in [6, 6.07) is 8.77. The fraction of sp³-hybridized carbons (Fsp3) is 0.286. The number of carbonyl (C=O) groups excluding carboxylic acids is 3. The lowest BCUT2D eigenvalue weighted by Gasteiger charge is -2.20. The summed E-state index contributed by atoms with van der Waals surface area (Å²) >= 11 is 0. The Balaban J connectivity index is 2.27. The summed E-state index contributed by atoms with van der Waals surface area (Å²) in [5.41, 5.74) is 2.28. The van der Waals surface area contributed by atoms with Crippen LogP contribution in [0.25, 0.3) is 0 Å². The minimum absolute atomic E-state index is 0.110. The van der Waals surface area contributed by atoms with Gasteiger partial charge < -0.3 is 14.6 Å². The summed E-state index contributed by atoms with van der Waals surface area (Å²) in [5.74, 6) is -0.997. The van der Waals surface area contributed by atoms with Crippen molar-refractivity contribution < 1.29 is 19.1 Å². The van der Waals surface area contributed by atoms with Crippen molar-refractivity contribution in [2.75, 3.05) is 19.7 Å².